The van der Waals surface area contributed by atoms with Crippen molar-refractivity contribution in [2.75, 3.05) is 27.2 Å². The average molecular weight is 248 g/mol. The number of likely N-dealkylation sites (tertiary alicyclic amines) is 1. The molecule has 4 unspecified atom stereocenters. The van der Waals surface area contributed by atoms with Crippen LogP contribution in [-0.2, 0) is 9.59 Å². The van der Waals surface area contributed by atoms with Gasteiger partial charge >= 0.3 is 0 Å². The summed E-state index contributed by atoms with van der Waals surface area (Å²) in [6.45, 7) is 1.50. The molecule has 18 heavy (non-hydrogen) atoms. The fourth-order valence-electron chi connectivity index (χ4n) is 3.73. The Kier molecular flexibility index (Phi) is 2.77. The number of imide groups is 1. The maximum absolute atomic E-state index is 12.3. The molecule has 0 aromatic rings. The van der Waals surface area contributed by atoms with Gasteiger partial charge in [0.2, 0.25) is 11.8 Å². The van der Waals surface area contributed by atoms with Gasteiger partial charge in [0, 0.05) is 6.54 Å². The van der Waals surface area contributed by atoms with Crippen molar-refractivity contribution in [2.24, 2.45) is 23.7 Å². The first-order valence-corrected chi connectivity index (χ1v) is 6.78. The van der Waals surface area contributed by atoms with E-state index in [1.54, 1.807) is 0 Å². The Morgan fingerprint density at radius 1 is 1.17 bits per heavy atom. The van der Waals surface area contributed by atoms with Crippen molar-refractivity contribution in [3.8, 4) is 0 Å². The second kappa shape index (κ2) is 4.19. The average Bonchev–Trinajstić information content (AvgIpc) is 2.97. The summed E-state index contributed by atoms with van der Waals surface area (Å²) in [5.41, 5.74) is 0. The third-order valence-corrected chi connectivity index (χ3v) is 4.55. The minimum atomic E-state index is -0.0353. The van der Waals surface area contributed by atoms with Crippen molar-refractivity contribution in [3.05, 3.63) is 12.2 Å². The molecule has 0 radical (unpaired) electrons. The molecule has 2 aliphatic carbocycles. The number of rotatable bonds is 4. The van der Waals surface area contributed by atoms with Crippen LogP contribution in [0.3, 0.4) is 0 Å². The largest absolute Gasteiger partial charge is 0.309 e. The fraction of sp³-hybridized carbons (Fsp3) is 0.714. The van der Waals surface area contributed by atoms with E-state index in [0.29, 0.717) is 18.4 Å². The third kappa shape index (κ3) is 1.62. The molecule has 4 atom stereocenters. The van der Waals surface area contributed by atoms with E-state index in [1.807, 2.05) is 14.1 Å². The molecule has 2 amide bonds. The maximum atomic E-state index is 12.3. The predicted octanol–water partition coefficient (Wildman–Crippen LogP) is 0.745. The SMILES string of the molecule is CN(C)CCCN1C(=O)C2C3C=CC(C3)C2C1=O. The van der Waals surface area contributed by atoms with Gasteiger partial charge < -0.3 is 4.90 Å². The lowest BCUT2D eigenvalue weighted by Crippen LogP contribution is -2.35. The van der Waals surface area contributed by atoms with E-state index in [0.717, 1.165) is 19.4 Å². The van der Waals surface area contributed by atoms with E-state index in [-0.39, 0.29) is 23.7 Å². The number of fused-ring (bicyclic) bond motifs is 5. The quantitative estimate of drug-likeness (QED) is 0.544. The molecule has 3 rings (SSSR count). The fourth-order valence-corrected chi connectivity index (χ4v) is 3.73. The predicted molar refractivity (Wildman–Crippen MR) is 67.6 cm³/mol. The first-order valence-electron chi connectivity index (χ1n) is 6.78. The van der Waals surface area contributed by atoms with Gasteiger partial charge in [0.1, 0.15) is 0 Å². The summed E-state index contributed by atoms with van der Waals surface area (Å²) in [4.78, 5) is 28.2. The van der Waals surface area contributed by atoms with Crippen molar-refractivity contribution in [3.63, 3.8) is 0 Å². The van der Waals surface area contributed by atoms with Gasteiger partial charge in [-0.3, -0.25) is 14.5 Å². The Balaban J connectivity index is 1.68. The Hall–Kier alpha value is -1.16. The molecule has 4 heteroatoms. The molecule has 2 bridgehead atoms. The maximum Gasteiger partial charge on any atom is 0.233 e. The number of amides is 2. The van der Waals surface area contributed by atoms with E-state index < -0.39 is 0 Å². The van der Waals surface area contributed by atoms with Crippen molar-refractivity contribution in [1.29, 1.82) is 0 Å². The molecular weight excluding hydrogens is 228 g/mol. The number of carbonyl (C=O) groups excluding carboxylic acids is 2. The Morgan fingerprint density at radius 2 is 1.72 bits per heavy atom. The van der Waals surface area contributed by atoms with Crippen molar-refractivity contribution >= 4 is 11.8 Å². The highest BCUT2D eigenvalue weighted by Gasteiger charge is 2.58. The van der Waals surface area contributed by atoms with E-state index in [4.69, 9.17) is 0 Å². The minimum Gasteiger partial charge on any atom is -0.309 e. The highest BCUT2D eigenvalue weighted by atomic mass is 16.2. The summed E-state index contributed by atoms with van der Waals surface area (Å²) >= 11 is 0. The Bertz CT molecular complexity index is 386. The molecule has 3 aliphatic rings. The van der Waals surface area contributed by atoms with Crippen LogP contribution in [0.4, 0.5) is 0 Å². The molecule has 98 valence electrons. The number of hydrogen-bond acceptors (Lipinski definition) is 3. The number of carbonyl (C=O) groups is 2. The topological polar surface area (TPSA) is 40.6 Å². The van der Waals surface area contributed by atoms with Gasteiger partial charge in [-0.1, -0.05) is 12.2 Å². The number of hydrogen-bond donors (Lipinski definition) is 0. The van der Waals surface area contributed by atoms with E-state index in [2.05, 4.69) is 17.1 Å². The molecule has 2 fully saturated rings. The minimum absolute atomic E-state index is 0.0353. The summed E-state index contributed by atoms with van der Waals surface area (Å²) in [6.07, 6.45) is 6.16. The van der Waals surface area contributed by atoms with Crippen LogP contribution in [-0.4, -0.2) is 48.8 Å². The molecule has 1 aliphatic heterocycles. The number of nitrogens with zero attached hydrogens (tertiary/aromatic N) is 2. The summed E-state index contributed by atoms with van der Waals surface area (Å²) in [6, 6.07) is 0. The smallest absolute Gasteiger partial charge is 0.233 e. The molecule has 0 aromatic carbocycles. The Morgan fingerprint density at radius 3 is 2.22 bits per heavy atom. The van der Waals surface area contributed by atoms with Gasteiger partial charge in [-0.15, -0.1) is 0 Å². The van der Waals surface area contributed by atoms with E-state index in [1.165, 1.54) is 4.90 Å². The molecule has 0 N–H and O–H groups in total. The zero-order chi connectivity index (χ0) is 12.9. The second-order valence-corrected chi connectivity index (χ2v) is 5.98. The van der Waals surface area contributed by atoms with Gasteiger partial charge in [-0.25, -0.2) is 0 Å². The zero-order valence-corrected chi connectivity index (χ0v) is 11.0. The highest BCUT2D eigenvalue weighted by Crippen LogP contribution is 2.52. The lowest BCUT2D eigenvalue weighted by Gasteiger charge is -2.18. The van der Waals surface area contributed by atoms with Crippen LogP contribution in [0.2, 0.25) is 0 Å². The van der Waals surface area contributed by atoms with E-state index in [9.17, 15) is 9.59 Å². The van der Waals surface area contributed by atoms with Gasteiger partial charge in [-0.05, 0) is 45.3 Å². The van der Waals surface area contributed by atoms with Gasteiger partial charge in [-0.2, -0.15) is 0 Å². The van der Waals surface area contributed by atoms with Crippen molar-refractivity contribution < 1.29 is 9.59 Å². The molecule has 1 heterocycles. The summed E-state index contributed by atoms with van der Waals surface area (Å²) in [5, 5.41) is 0. The van der Waals surface area contributed by atoms with Crippen LogP contribution in [0.25, 0.3) is 0 Å². The first kappa shape index (κ1) is 11.9. The molecule has 1 saturated carbocycles. The lowest BCUT2D eigenvalue weighted by atomic mass is 9.85. The number of allylic oxidation sites excluding steroid dienone is 2. The van der Waals surface area contributed by atoms with E-state index >= 15 is 0 Å². The van der Waals surface area contributed by atoms with Crippen LogP contribution in [0.1, 0.15) is 12.8 Å². The van der Waals surface area contributed by atoms with Crippen molar-refractivity contribution in [1.82, 2.24) is 9.80 Å². The standard InChI is InChI=1S/C14H20N2O2/c1-15(2)6-3-7-16-13(17)11-9-4-5-10(8-9)12(11)14(16)18/h4-5,9-12H,3,6-8H2,1-2H3. The normalized spacial score (nSPS) is 37.2. The van der Waals surface area contributed by atoms with Crippen LogP contribution in [0.15, 0.2) is 12.2 Å². The van der Waals surface area contributed by atoms with Crippen LogP contribution in [0.5, 0.6) is 0 Å². The van der Waals surface area contributed by atoms with Crippen LogP contribution in [0, 0.1) is 23.7 Å². The first-order chi connectivity index (χ1) is 8.59. The van der Waals surface area contributed by atoms with Gasteiger partial charge in [0.05, 0.1) is 11.8 Å². The third-order valence-electron chi connectivity index (χ3n) is 4.55. The molecular formula is C14H20N2O2. The zero-order valence-electron chi connectivity index (χ0n) is 11.0. The van der Waals surface area contributed by atoms with Crippen LogP contribution < -0.4 is 0 Å². The molecule has 0 spiro atoms. The van der Waals surface area contributed by atoms with Crippen molar-refractivity contribution in [2.45, 2.75) is 12.8 Å². The molecule has 1 saturated heterocycles. The van der Waals surface area contributed by atoms with Gasteiger partial charge in [0.25, 0.3) is 0 Å². The highest BCUT2D eigenvalue weighted by molar-refractivity contribution is 6.06. The molecule has 4 nitrogen and oxygen atoms in total. The monoisotopic (exact) mass is 248 g/mol. The summed E-state index contributed by atoms with van der Waals surface area (Å²) < 4.78 is 0. The lowest BCUT2D eigenvalue weighted by molar-refractivity contribution is -0.140. The second-order valence-electron chi connectivity index (χ2n) is 5.98. The van der Waals surface area contributed by atoms with Crippen LogP contribution >= 0.6 is 0 Å². The molecule has 0 aromatic heterocycles. The Labute approximate surface area is 108 Å². The summed E-state index contributed by atoms with van der Waals surface area (Å²) in [7, 11) is 4.01. The summed E-state index contributed by atoms with van der Waals surface area (Å²) in [5.74, 6) is 0.755. The van der Waals surface area contributed by atoms with Gasteiger partial charge in [0.15, 0.2) is 0 Å².